The van der Waals surface area contributed by atoms with Gasteiger partial charge < -0.3 is 9.67 Å². The summed E-state index contributed by atoms with van der Waals surface area (Å²) in [7, 11) is 0. The molecule has 0 fully saturated rings. The Kier molecular flexibility index (Phi) is 3.08. The predicted molar refractivity (Wildman–Crippen MR) is 56.5 cm³/mol. The molecule has 15 heavy (non-hydrogen) atoms. The summed E-state index contributed by atoms with van der Waals surface area (Å²) < 4.78 is 1.87. The van der Waals surface area contributed by atoms with Crippen molar-refractivity contribution >= 4 is 11.3 Å². The number of nitrogens with zero attached hydrogens (tertiary/aromatic N) is 4. The van der Waals surface area contributed by atoms with E-state index in [9.17, 15) is 0 Å². The topological polar surface area (TPSA) is 63.8 Å². The van der Waals surface area contributed by atoms with Gasteiger partial charge in [-0.3, -0.25) is 0 Å². The van der Waals surface area contributed by atoms with Gasteiger partial charge in [-0.25, -0.2) is 4.98 Å². The Morgan fingerprint density at radius 2 is 2.47 bits per heavy atom. The molecule has 1 N–H and O–H groups in total. The van der Waals surface area contributed by atoms with Crippen molar-refractivity contribution in [3.63, 3.8) is 0 Å². The Balaban J connectivity index is 2.35. The Labute approximate surface area is 91.4 Å². The number of rotatable bonds is 4. The first-order valence-electron chi connectivity index (χ1n) is 4.75. The van der Waals surface area contributed by atoms with Gasteiger partial charge in [-0.2, -0.15) is 0 Å². The second kappa shape index (κ2) is 4.50. The number of hydrogen-bond donors (Lipinski definition) is 1. The lowest BCUT2D eigenvalue weighted by Crippen LogP contribution is -2.12. The Hall–Kier alpha value is -1.27. The van der Waals surface area contributed by atoms with Crippen molar-refractivity contribution in [3.8, 4) is 0 Å². The van der Waals surface area contributed by atoms with Crippen LogP contribution in [0.25, 0.3) is 0 Å². The molecular formula is C9H12N4OS. The van der Waals surface area contributed by atoms with Gasteiger partial charge >= 0.3 is 0 Å². The standard InChI is InChI=1S/C9H12N4OS/c1-2-7(9-10-3-4-15-9)13-6-11-12-8(13)5-14/h3-4,6-7,14H,2,5H2,1H3. The first-order chi connectivity index (χ1) is 7.36. The van der Waals surface area contributed by atoms with Gasteiger partial charge in [0.05, 0.1) is 6.04 Å². The molecule has 0 spiro atoms. The third-order valence-electron chi connectivity index (χ3n) is 2.25. The highest BCUT2D eigenvalue weighted by Gasteiger charge is 2.17. The Bertz CT molecular complexity index is 411. The number of aliphatic hydroxyl groups excluding tert-OH is 1. The summed E-state index contributed by atoms with van der Waals surface area (Å²) in [4.78, 5) is 4.28. The van der Waals surface area contributed by atoms with Crippen LogP contribution in [0, 0.1) is 0 Å². The minimum absolute atomic E-state index is 0.0954. The van der Waals surface area contributed by atoms with Crippen LogP contribution in [0.3, 0.4) is 0 Å². The molecule has 6 heteroatoms. The molecule has 2 aromatic rings. The molecule has 1 unspecified atom stereocenters. The average Bonchev–Trinajstić information content (AvgIpc) is 2.89. The molecular weight excluding hydrogens is 212 g/mol. The van der Waals surface area contributed by atoms with Gasteiger partial charge in [-0.15, -0.1) is 21.5 Å². The summed E-state index contributed by atoms with van der Waals surface area (Å²) in [6.45, 7) is 1.98. The van der Waals surface area contributed by atoms with Gasteiger partial charge in [0.15, 0.2) is 5.82 Å². The van der Waals surface area contributed by atoms with Gasteiger partial charge in [0.2, 0.25) is 0 Å². The molecule has 0 saturated heterocycles. The molecule has 2 rings (SSSR count). The van der Waals surface area contributed by atoms with Gasteiger partial charge in [0.1, 0.15) is 17.9 Å². The molecule has 0 bridgehead atoms. The van der Waals surface area contributed by atoms with E-state index >= 15 is 0 Å². The minimum atomic E-state index is -0.0954. The average molecular weight is 224 g/mol. The summed E-state index contributed by atoms with van der Waals surface area (Å²) >= 11 is 1.60. The monoisotopic (exact) mass is 224 g/mol. The highest BCUT2D eigenvalue weighted by Crippen LogP contribution is 2.24. The molecule has 0 aliphatic carbocycles. The van der Waals surface area contributed by atoms with Crippen molar-refractivity contribution in [2.75, 3.05) is 0 Å². The van der Waals surface area contributed by atoms with E-state index in [-0.39, 0.29) is 12.6 Å². The fraction of sp³-hybridized carbons (Fsp3) is 0.444. The van der Waals surface area contributed by atoms with Crippen molar-refractivity contribution in [2.45, 2.75) is 26.0 Å². The zero-order valence-electron chi connectivity index (χ0n) is 8.37. The number of aliphatic hydroxyl groups is 1. The SMILES string of the molecule is CCC(c1nccs1)n1cnnc1CO. The van der Waals surface area contributed by atoms with Gasteiger partial charge in [0.25, 0.3) is 0 Å². The first-order valence-corrected chi connectivity index (χ1v) is 5.63. The van der Waals surface area contributed by atoms with Crippen molar-refractivity contribution in [3.05, 3.63) is 28.7 Å². The Morgan fingerprint density at radius 1 is 1.60 bits per heavy atom. The lowest BCUT2D eigenvalue weighted by molar-refractivity contribution is 0.261. The van der Waals surface area contributed by atoms with Crippen molar-refractivity contribution < 1.29 is 5.11 Å². The molecule has 0 aliphatic rings. The summed E-state index contributed by atoms with van der Waals surface area (Å²) in [5, 5.41) is 19.7. The van der Waals surface area contributed by atoms with Crippen molar-refractivity contribution in [1.29, 1.82) is 0 Å². The van der Waals surface area contributed by atoms with Crippen LogP contribution >= 0.6 is 11.3 Å². The van der Waals surface area contributed by atoms with Crippen molar-refractivity contribution in [1.82, 2.24) is 19.7 Å². The van der Waals surface area contributed by atoms with Crippen LogP contribution < -0.4 is 0 Å². The molecule has 5 nitrogen and oxygen atoms in total. The third-order valence-corrected chi connectivity index (χ3v) is 3.12. The van der Waals surface area contributed by atoms with Gasteiger partial charge in [-0.05, 0) is 6.42 Å². The summed E-state index contributed by atoms with van der Waals surface area (Å²) in [6.07, 6.45) is 4.32. The van der Waals surface area contributed by atoms with Crippen LogP contribution in [0.4, 0.5) is 0 Å². The second-order valence-electron chi connectivity index (χ2n) is 3.11. The smallest absolute Gasteiger partial charge is 0.159 e. The van der Waals surface area contributed by atoms with E-state index in [2.05, 4.69) is 22.1 Å². The largest absolute Gasteiger partial charge is 0.388 e. The first kappa shape index (κ1) is 10.3. The van der Waals surface area contributed by atoms with Crippen LogP contribution in [0.5, 0.6) is 0 Å². The molecule has 2 aromatic heterocycles. The minimum Gasteiger partial charge on any atom is -0.388 e. The van der Waals surface area contributed by atoms with Crippen LogP contribution in [0.2, 0.25) is 0 Å². The normalized spacial score (nSPS) is 12.9. The van der Waals surface area contributed by atoms with E-state index in [4.69, 9.17) is 5.11 Å². The molecule has 1 atom stereocenters. The molecule has 0 amide bonds. The maximum absolute atomic E-state index is 9.11. The molecule has 80 valence electrons. The summed E-state index contributed by atoms with van der Waals surface area (Å²) in [5.74, 6) is 0.581. The van der Waals surface area contributed by atoms with Crippen LogP contribution in [0.1, 0.15) is 30.2 Å². The molecule has 0 aliphatic heterocycles. The lowest BCUT2D eigenvalue weighted by Gasteiger charge is -2.14. The quantitative estimate of drug-likeness (QED) is 0.848. The number of aromatic nitrogens is 4. The van der Waals surface area contributed by atoms with E-state index in [0.29, 0.717) is 5.82 Å². The molecule has 0 saturated carbocycles. The fourth-order valence-corrected chi connectivity index (χ4v) is 2.35. The van der Waals surface area contributed by atoms with E-state index in [1.54, 1.807) is 23.9 Å². The Morgan fingerprint density at radius 3 is 3.07 bits per heavy atom. The highest BCUT2D eigenvalue weighted by atomic mass is 32.1. The van der Waals surface area contributed by atoms with Crippen LogP contribution in [-0.4, -0.2) is 24.9 Å². The van der Waals surface area contributed by atoms with Crippen LogP contribution in [0.15, 0.2) is 17.9 Å². The molecule has 0 aromatic carbocycles. The van der Waals surface area contributed by atoms with Crippen molar-refractivity contribution in [2.24, 2.45) is 0 Å². The lowest BCUT2D eigenvalue weighted by atomic mass is 10.2. The van der Waals surface area contributed by atoms with E-state index in [1.807, 2.05) is 9.95 Å². The van der Waals surface area contributed by atoms with E-state index in [0.717, 1.165) is 11.4 Å². The third kappa shape index (κ3) is 1.91. The summed E-state index contributed by atoms with van der Waals surface area (Å²) in [6, 6.07) is 0.127. The fourth-order valence-electron chi connectivity index (χ4n) is 1.53. The maximum atomic E-state index is 9.11. The predicted octanol–water partition coefficient (Wildman–Crippen LogP) is 1.23. The zero-order chi connectivity index (χ0) is 10.7. The summed E-state index contributed by atoms with van der Waals surface area (Å²) in [5.41, 5.74) is 0. The number of hydrogen-bond acceptors (Lipinski definition) is 5. The molecule has 2 heterocycles. The van der Waals surface area contributed by atoms with E-state index in [1.165, 1.54) is 0 Å². The molecule has 0 radical (unpaired) electrons. The van der Waals surface area contributed by atoms with Gasteiger partial charge in [-0.1, -0.05) is 6.92 Å². The number of thiazole rings is 1. The van der Waals surface area contributed by atoms with Crippen LogP contribution in [-0.2, 0) is 6.61 Å². The highest BCUT2D eigenvalue weighted by molar-refractivity contribution is 7.09. The maximum Gasteiger partial charge on any atom is 0.159 e. The second-order valence-corrected chi connectivity index (χ2v) is 4.03. The van der Waals surface area contributed by atoms with E-state index < -0.39 is 0 Å². The zero-order valence-corrected chi connectivity index (χ0v) is 9.18. The van der Waals surface area contributed by atoms with Gasteiger partial charge in [0, 0.05) is 11.6 Å².